The Balaban J connectivity index is 1.71. The number of anilines is 1. The van der Waals surface area contributed by atoms with E-state index < -0.39 is 40.2 Å². The van der Waals surface area contributed by atoms with E-state index in [-0.39, 0.29) is 29.5 Å². The number of ether oxygens (including phenoxy) is 3. The molecule has 1 aliphatic rings. The third-order valence-corrected chi connectivity index (χ3v) is 8.30. The molecular weight excluding hydrogens is 553 g/mol. The zero-order valence-corrected chi connectivity index (χ0v) is 23.8. The monoisotopic (exact) mass is 585 g/mol. The summed E-state index contributed by atoms with van der Waals surface area (Å²) < 4.78 is 58.9. The molecule has 4 rings (SSSR count). The first-order valence-corrected chi connectivity index (χ1v) is 14.5. The van der Waals surface area contributed by atoms with Gasteiger partial charge in [0, 0.05) is 19.2 Å². The van der Waals surface area contributed by atoms with Crippen molar-refractivity contribution in [2.45, 2.75) is 31.3 Å². The number of hydrogen-bond acceptors (Lipinski definition) is 7. The van der Waals surface area contributed by atoms with Gasteiger partial charge in [0.05, 0.1) is 17.7 Å². The van der Waals surface area contributed by atoms with Crippen molar-refractivity contribution in [3.8, 4) is 17.2 Å². The number of fused-ring (bicyclic) bond motifs is 1. The number of nitrogens with one attached hydrogen (secondary N) is 1. The molecule has 1 N–H and O–H groups in total. The highest BCUT2D eigenvalue weighted by Gasteiger charge is 2.33. The fourth-order valence-electron chi connectivity index (χ4n) is 4.28. The average molecular weight is 586 g/mol. The number of nitrogens with zero attached hydrogens (tertiary/aromatic N) is 2. The summed E-state index contributed by atoms with van der Waals surface area (Å²) in [6, 6.07) is 15.0. The van der Waals surface area contributed by atoms with Crippen LogP contribution in [0.5, 0.6) is 17.2 Å². The van der Waals surface area contributed by atoms with Crippen molar-refractivity contribution >= 4 is 27.5 Å². The quantitative estimate of drug-likeness (QED) is 0.367. The molecule has 41 heavy (non-hydrogen) atoms. The number of carbonyl (C=O) groups excluding carboxylic acids is 2. The average Bonchev–Trinajstić information content (AvgIpc) is 2.98. The van der Waals surface area contributed by atoms with E-state index in [9.17, 15) is 22.4 Å². The topological polar surface area (TPSA) is 114 Å². The van der Waals surface area contributed by atoms with Crippen LogP contribution < -0.4 is 23.8 Å². The molecule has 0 saturated carbocycles. The van der Waals surface area contributed by atoms with Crippen LogP contribution in [-0.4, -0.2) is 64.6 Å². The first kappa shape index (κ1) is 29.7. The lowest BCUT2D eigenvalue weighted by molar-refractivity contribution is -0.139. The second kappa shape index (κ2) is 12.9. The summed E-state index contributed by atoms with van der Waals surface area (Å²) in [5.74, 6) is -0.309. The third-order valence-electron chi connectivity index (χ3n) is 6.53. The standard InChI is InChI=1S/C29H32FN3O7S/c1-4-31-29(35)20(2)32(18-21-5-11-24(38-3)12-6-21)28(34)19-33(23-9-7-22(30)8-10-23)41(36,37)25-13-14-26-27(17-25)40-16-15-39-26/h5-14,17,20H,4,15-16,18-19H2,1-3H3,(H,31,35)/t20-/m1/s1. The maximum absolute atomic E-state index is 14.0. The molecule has 0 aliphatic carbocycles. The van der Waals surface area contributed by atoms with Crippen LogP contribution in [0, 0.1) is 5.82 Å². The first-order valence-electron chi connectivity index (χ1n) is 13.0. The first-order chi connectivity index (χ1) is 19.6. The van der Waals surface area contributed by atoms with Crippen molar-refractivity contribution in [2.75, 3.05) is 37.7 Å². The Morgan fingerprint density at radius 2 is 1.66 bits per heavy atom. The normalized spacial score (nSPS) is 13.2. The van der Waals surface area contributed by atoms with Crippen LogP contribution >= 0.6 is 0 Å². The molecule has 1 heterocycles. The number of rotatable bonds is 11. The van der Waals surface area contributed by atoms with Crippen molar-refractivity contribution in [2.24, 2.45) is 0 Å². The summed E-state index contributed by atoms with van der Waals surface area (Å²) >= 11 is 0. The highest BCUT2D eigenvalue weighted by atomic mass is 32.2. The van der Waals surface area contributed by atoms with Crippen LogP contribution in [0.2, 0.25) is 0 Å². The maximum atomic E-state index is 14.0. The molecule has 0 radical (unpaired) electrons. The Kier molecular flexibility index (Phi) is 9.33. The molecule has 0 spiro atoms. The van der Waals surface area contributed by atoms with Gasteiger partial charge in [-0.3, -0.25) is 13.9 Å². The zero-order valence-electron chi connectivity index (χ0n) is 23.0. The fourth-order valence-corrected chi connectivity index (χ4v) is 5.71. The Bertz CT molecular complexity index is 1480. The van der Waals surface area contributed by atoms with Crippen molar-refractivity contribution in [1.29, 1.82) is 0 Å². The summed E-state index contributed by atoms with van der Waals surface area (Å²) in [5, 5.41) is 2.71. The van der Waals surface area contributed by atoms with Gasteiger partial charge in [-0.25, -0.2) is 12.8 Å². The molecule has 10 nitrogen and oxygen atoms in total. The van der Waals surface area contributed by atoms with E-state index in [4.69, 9.17) is 14.2 Å². The van der Waals surface area contributed by atoms with Crippen molar-refractivity contribution in [3.63, 3.8) is 0 Å². The molecule has 3 aromatic rings. The second-order valence-electron chi connectivity index (χ2n) is 9.23. The Labute approximate surface area is 238 Å². The molecule has 3 aromatic carbocycles. The predicted molar refractivity (Wildman–Crippen MR) is 150 cm³/mol. The summed E-state index contributed by atoms with van der Waals surface area (Å²) in [6.07, 6.45) is 0. The van der Waals surface area contributed by atoms with Crippen LogP contribution in [0.3, 0.4) is 0 Å². The number of halogens is 1. The molecular formula is C29H32FN3O7S. The van der Waals surface area contributed by atoms with Gasteiger partial charge in [0.1, 0.15) is 37.4 Å². The van der Waals surface area contributed by atoms with E-state index in [0.717, 1.165) is 16.4 Å². The third kappa shape index (κ3) is 6.88. The van der Waals surface area contributed by atoms with E-state index in [1.165, 1.54) is 42.3 Å². The van der Waals surface area contributed by atoms with Gasteiger partial charge in [0.2, 0.25) is 11.8 Å². The molecule has 0 unspecified atom stereocenters. The van der Waals surface area contributed by atoms with Crippen LogP contribution in [0.4, 0.5) is 10.1 Å². The van der Waals surface area contributed by atoms with Gasteiger partial charge in [-0.1, -0.05) is 12.1 Å². The van der Waals surface area contributed by atoms with Crippen molar-refractivity contribution < 1.29 is 36.6 Å². The van der Waals surface area contributed by atoms with Gasteiger partial charge in [-0.05, 0) is 67.9 Å². The Hall–Kier alpha value is -4.32. The largest absolute Gasteiger partial charge is 0.497 e. The number of methoxy groups -OCH3 is 1. The van der Waals surface area contributed by atoms with Crippen LogP contribution in [0.25, 0.3) is 0 Å². The molecule has 0 fully saturated rings. The van der Waals surface area contributed by atoms with E-state index in [1.807, 2.05) is 0 Å². The van der Waals surface area contributed by atoms with Gasteiger partial charge in [0.15, 0.2) is 11.5 Å². The minimum Gasteiger partial charge on any atom is -0.497 e. The highest BCUT2D eigenvalue weighted by molar-refractivity contribution is 7.92. The minimum absolute atomic E-state index is 0.0302. The summed E-state index contributed by atoms with van der Waals surface area (Å²) in [4.78, 5) is 27.8. The fraction of sp³-hybridized carbons (Fsp3) is 0.310. The second-order valence-corrected chi connectivity index (χ2v) is 11.1. The number of likely N-dealkylation sites (N-methyl/N-ethyl adjacent to an activating group) is 1. The number of amides is 2. The number of carbonyl (C=O) groups is 2. The summed E-state index contributed by atoms with van der Waals surface area (Å²) in [6.45, 7) is 3.66. The van der Waals surface area contributed by atoms with Gasteiger partial charge < -0.3 is 24.4 Å². The van der Waals surface area contributed by atoms with Crippen molar-refractivity contribution in [1.82, 2.24) is 10.2 Å². The van der Waals surface area contributed by atoms with Crippen molar-refractivity contribution in [3.05, 3.63) is 78.1 Å². The van der Waals surface area contributed by atoms with Crippen LogP contribution in [-0.2, 0) is 26.2 Å². The Morgan fingerprint density at radius 3 is 2.29 bits per heavy atom. The SMILES string of the molecule is CCNC(=O)[C@@H](C)N(Cc1ccc(OC)cc1)C(=O)CN(c1ccc(F)cc1)S(=O)(=O)c1ccc2c(c1)OCCO2. The lowest BCUT2D eigenvalue weighted by Crippen LogP contribution is -2.51. The molecule has 12 heteroatoms. The summed E-state index contributed by atoms with van der Waals surface area (Å²) in [5.41, 5.74) is 0.781. The number of benzene rings is 3. The summed E-state index contributed by atoms with van der Waals surface area (Å²) in [7, 11) is -2.82. The molecule has 0 aromatic heterocycles. The molecule has 1 atom stereocenters. The molecule has 1 aliphatic heterocycles. The van der Waals surface area contributed by atoms with Gasteiger partial charge in [-0.15, -0.1) is 0 Å². The lowest BCUT2D eigenvalue weighted by atomic mass is 10.1. The number of hydrogen-bond donors (Lipinski definition) is 1. The Morgan fingerprint density at radius 1 is 1.00 bits per heavy atom. The van der Waals surface area contributed by atoms with E-state index in [1.54, 1.807) is 38.1 Å². The smallest absolute Gasteiger partial charge is 0.264 e. The van der Waals surface area contributed by atoms with Gasteiger partial charge in [-0.2, -0.15) is 0 Å². The lowest BCUT2D eigenvalue weighted by Gasteiger charge is -2.32. The minimum atomic E-state index is -4.36. The van der Waals surface area contributed by atoms with Gasteiger partial charge >= 0.3 is 0 Å². The maximum Gasteiger partial charge on any atom is 0.264 e. The van der Waals surface area contributed by atoms with E-state index in [0.29, 0.717) is 30.2 Å². The van der Waals surface area contributed by atoms with E-state index >= 15 is 0 Å². The molecule has 0 bridgehead atoms. The van der Waals surface area contributed by atoms with Crippen LogP contribution in [0.1, 0.15) is 19.4 Å². The van der Waals surface area contributed by atoms with Crippen LogP contribution in [0.15, 0.2) is 71.6 Å². The predicted octanol–water partition coefficient (Wildman–Crippen LogP) is 3.35. The van der Waals surface area contributed by atoms with Gasteiger partial charge in [0.25, 0.3) is 10.0 Å². The molecule has 0 saturated heterocycles. The molecule has 218 valence electrons. The highest BCUT2D eigenvalue weighted by Crippen LogP contribution is 2.34. The zero-order chi connectivity index (χ0) is 29.6. The molecule has 2 amide bonds. The van der Waals surface area contributed by atoms with E-state index in [2.05, 4.69) is 5.32 Å². The number of sulfonamides is 1.